The number of nitrogens with zero attached hydrogens (tertiary/aromatic N) is 2. The van der Waals surface area contributed by atoms with E-state index in [0.29, 0.717) is 22.4 Å². The van der Waals surface area contributed by atoms with Crippen LogP contribution in [0.3, 0.4) is 0 Å². The third kappa shape index (κ3) is 2.26. The molecule has 0 aliphatic rings. The van der Waals surface area contributed by atoms with Gasteiger partial charge in [0.25, 0.3) is 0 Å². The lowest BCUT2D eigenvalue weighted by Gasteiger charge is -2.10. The second-order valence-corrected chi connectivity index (χ2v) is 3.96. The van der Waals surface area contributed by atoms with E-state index in [1.807, 2.05) is 0 Å². The van der Waals surface area contributed by atoms with Crippen LogP contribution in [-0.2, 0) is 4.74 Å². The van der Waals surface area contributed by atoms with Crippen LogP contribution in [0.4, 0.5) is 0 Å². The molecule has 2 aromatic rings. The van der Waals surface area contributed by atoms with Crippen LogP contribution >= 0.6 is 11.6 Å². The molecular weight excluding hydrogens is 272 g/mol. The zero-order valence-electron chi connectivity index (χ0n) is 10.6. The largest absolute Gasteiger partial charge is 0.493 e. The summed E-state index contributed by atoms with van der Waals surface area (Å²) in [6, 6.07) is 3.27. The zero-order valence-corrected chi connectivity index (χ0v) is 11.3. The van der Waals surface area contributed by atoms with Crippen molar-refractivity contribution in [3.8, 4) is 11.5 Å². The van der Waals surface area contributed by atoms with Crippen LogP contribution in [0, 0.1) is 0 Å². The second-order valence-electron chi connectivity index (χ2n) is 3.58. The number of benzene rings is 1. The van der Waals surface area contributed by atoms with Crippen molar-refractivity contribution in [2.75, 3.05) is 21.3 Å². The Morgan fingerprint density at radius 1 is 1.11 bits per heavy atom. The third-order valence-corrected chi connectivity index (χ3v) is 2.97. The minimum Gasteiger partial charge on any atom is -0.493 e. The van der Waals surface area contributed by atoms with Gasteiger partial charge in [-0.3, -0.25) is 0 Å². The molecule has 0 saturated heterocycles. The average molecular weight is 283 g/mol. The number of methoxy groups -OCH3 is 3. The normalized spacial score (nSPS) is 10.3. The number of aromatic nitrogens is 2. The highest BCUT2D eigenvalue weighted by atomic mass is 35.5. The summed E-state index contributed by atoms with van der Waals surface area (Å²) in [7, 11) is 4.27. The van der Waals surface area contributed by atoms with Gasteiger partial charge in [-0.2, -0.15) is 0 Å². The molecule has 2 rings (SSSR count). The van der Waals surface area contributed by atoms with Crippen LogP contribution in [-0.4, -0.2) is 37.5 Å². The van der Waals surface area contributed by atoms with E-state index < -0.39 is 5.97 Å². The molecule has 0 aliphatic heterocycles. The molecule has 0 unspecified atom stereocenters. The molecule has 100 valence electrons. The Balaban J connectivity index is 2.72. The Bertz CT molecular complexity index is 645. The lowest BCUT2D eigenvalue weighted by Crippen LogP contribution is -2.07. The van der Waals surface area contributed by atoms with Gasteiger partial charge < -0.3 is 14.2 Å². The first-order chi connectivity index (χ1) is 9.12. The van der Waals surface area contributed by atoms with Gasteiger partial charge >= 0.3 is 5.97 Å². The number of hydrogen-bond donors (Lipinski definition) is 0. The quantitative estimate of drug-likeness (QED) is 0.803. The first-order valence-corrected chi connectivity index (χ1v) is 5.66. The van der Waals surface area contributed by atoms with Crippen LogP contribution in [0.2, 0.25) is 5.02 Å². The highest BCUT2D eigenvalue weighted by Gasteiger charge is 2.18. The van der Waals surface area contributed by atoms with Crippen molar-refractivity contribution < 1.29 is 19.0 Å². The lowest BCUT2D eigenvalue weighted by atomic mass is 10.2. The van der Waals surface area contributed by atoms with E-state index in [0.717, 1.165) is 0 Å². The summed E-state index contributed by atoms with van der Waals surface area (Å²) >= 11 is 6.14. The van der Waals surface area contributed by atoms with Gasteiger partial charge in [0.05, 0.1) is 31.9 Å². The van der Waals surface area contributed by atoms with Gasteiger partial charge in [0, 0.05) is 11.5 Å². The summed E-state index contributed by atoms with van der Waals surface area (Å²) in [4.78, 5) is 11.5. The molecule has 0 fully saturated rings. The molecule has 7 heteroatoms. The fourth-order valence-electron chi connectivity index (χ4n) is 1.63. The van der Waals surface area contributed by atoms with Gasteiger partial charge in [0.15, 0.2) is 17.2 Å². The van der Waals surface area contributed by atoms with Crippen LogP contribution in [0.25, 0.3) is 10.9 Å². The van der Waals surface area contributed by atoms with Gasteiger partial charge in [-0.1, -0.05) is 11.6 Å². The van der Waals surface area contributed by atoms with Crippen LogP contribution in [0.5, 0.6) is 11.5 Å². The van der Waals surface area contributed by atoms with E-state index in [1.54, 1.807) is 12.1 Å². The average Bonchev–Trinajstić information content (AvgIpc) is 2.45. The Morgan fingerprint density at radius 2 is 1.74 bits per heavy atom. The fraction of sp³-hybridized carbons (Fsp3) is 0.250. The molecule has 1 aromatic heterocycles. The van der Waals surface area contributed by atoms with Crippen LogP contribution in [0.1, 0.15) is 10.5 Å². The SMILES string of the molecule is COC(=O)c1nnc2cc(OC)c(OC)cc2c1Cl. The third-order valence-electron chi connectivity index (χ3n) is 2.58. The Labute approximate surface area is 114 Å². The molecule has 1 heterocycles. The van der Waals surface area contributed by atoms with Crippen molar-refractivity contribution in [3.63, 3.8) is 0 Å². The monoisotopic (exact) mass is 282 g/mol. The molecular formula is C12H11ClN2O4. The summed E-state index contributed by atoms with van der Waals surface area (Å²) in [5.74, 6) is 0.348. The number of rotatable bonds is 3. The smallest absolute Gasteiger partial charge is 0.360 e. The molecule has 0 aliphatic carbocycles. The van der Waals surface area contributed by atoms with Gasteiger partial charge in [0.1, 0.15) is 0 Å². The molecule has 0 amide bonds. The maximum Gasteiger partial charge on any atom is 0.360 e. The number of hydrogen-bond acceptors (Lipinski definition) is 6. The minimum atomic E-state index is -0.644. The molecule has 0 atom stereocenters. The first kappa shape index (κ1) is 13.4. The summed E-state index contributed by atoms with van der Waals surface area (Å²) in [6.07, 6.45) is 0. The number of esters is 1. The summed E-state index contributed by atoms with van der Waals surface area (Å²) in [6.45, 7) is 0. The van der Waals surface area contributed by atoms with E-state index in [2.05, 4.69) is 14.9 Å². The number of fused-ring (bicyclic) bond motifs is 1. The molecule has 0 N–H and O–H groups in total. The highest BCUT2D eigenvalue weighted by molar-refractivity contribution is 6.37. The molecule has 0 radical (unpaired) electrons. The van der Waals surface area contributed by atoms with E-state index in [9.17, 15) is 4.79 Å². The molecule has 6 nitrogen and oxygen atoms in total. The predicted octanol–water partition coefficient (Wildman–Crippen LogP) is 2.09. The van der Waals surface area contributed by atoms with Gasteiger partial charge in [-0.25, -0.2) is 4.79 Å². The van der Waals surface area contributed by atoms with Crippen molar-refractivity contribution in [1.29, 1.82) is 0 Å². The topological polar surface area (TPSA) is 70.5 Å². The van der Waals surface area contributed by atoms with Gasteiger partial charge in [-0.05, 0) is 6.07 Å². The number of carbonyl (C=O) groups is 1. The maximum absolute atomic E-state index is 11.5. The standard InChI is InChI=1S/C12H11ClN2O4/c1-17-8-4-6-7(5-9(8)18-2)14-15-11(10(6)13)12(16)19-3/h4-5H,1-3H3. The summed E-state index contributed by atoms with van der Waals surface area (Å²) in [5.41, 5.74) is 0.458. The van der Waals surface area contributed by atoms with Crippen molar-refractivity contribution in [2.24, 2.45) is 0 Å². The van der Waals surface area contributed by atoms with E-state index >= 15 is 0 Å². The number of halogens is 1. The molecule has 0 saturated carbocycles. The van der Waals surface area contributed by atoms with E-state index in [-0.39, 0.29) is 10.7 Å². The zero-order chi connectivity index (χ0) is 14.0. The Morgan fingerprint density at radius 3 is 2.32 bits per heavy atom. The Hall–Kier alpha value is -2.08. The molecule has 0 bridgehead atoms. The summed E-state index contributed by atoms with van der Waals surface area (Å²) < 4.78 is 14.9. The summed E-state index contributed by atoms with van der Waals surface area (Å²) in [5, 5.41) is 8.38. The van der Waals surface area contributed by atoms with Crippen molar-refractivity contribution in [1.82, 2.24) is 10.2 Å². The Kier molecular flexibility index (Phi) is 3.71. The lowest BCUT2D eigenvalue weighted by molar-refractivity contribution is 0.0593. The first-order valence-electron chi connectivity index (χ1n) is 5.28. The maximum atomic E-state index is 11.5. The number of ether oxygens (including phenoxy) is 3. The van der Waals surface area contributed by atoms with Gasteiger partial charge in [0.2, 0.25) is 0 Å². The van der Waals surface area contributed by atoms with E-state index in [1.165, 1.54) is 21.3 Å². The van der Waals surface area contributed by atoms with Crippen molar-refractivity contribution in [3.05, 3.63) is 22.8 Å². The minimum absolute atomic E-state index is 0.0381. The highest BCUT2D eigenvalue weighted by Crippen LogP contribution is 2.34. The fourth-order valence-corrected chi connectivity index (χ4v) is 1.90. The van der Waals surface area contributed by atoms with E-state index in [4.69, 9.17) is 21.1 Å². The second kappa shape index (κ2) is 5.27. The molecule has 0 spiro atoms. The molecule has 1 aromatic carbocycles. The van der Waals surface area contributed by atoms with Crippen molar-refractivity contribution >= 4 is 28.5 Å². The van der Waals surface area contributed by atoms with Gasteiger partial charge in [-0.15, -0.1) is 10.2 Å². The number of carbonyl (C=O) groups excluding carboxylic acids is 1. The van der Waals surface area contributed by atoms with Crippen LogP contribution < -0.4 is 9.47 Å². The van der Waals surface area contributed by atoms with Crippen molar-refractivity contribution in [2.45, 2.75) is 0 Å². The molecule has 19 heavy (non-hydrogen) atoms. The predicted molar refractivity (Wildman–Crippen MR) is 69.0 cm³/mol. The van der Waals surface area contributed by atoms with Crippen LogP contribution in [0.15, 0.2) is 12.1 Å².